The Balaban J connectivity index is 0.00000261. The Hall–Kier alpha value is -0.820. The molecule has 2 fully saturated rings. The maximum Gasteiger partial charge on any atom is 0.191 e. The van der Waals surface area contributed by atoms with Gasteiger partial charge in [-0.15, -0.1) is 24.0 Å². The van der Waals surface area contributed by atoms with Crippen molar-refractivity contribution in [1.82, 2.24) is 15.5 Å². The molecule has 1 saturated carbocycles. The van der Waals surface area contributed by atoms with Gasteiger partial charge in [0.25, 0.3) is 0 Å². The van der Waals surface area contributed by atoms with Gasteiger partial charge in [-0.1, -0.05) is 43.2 Å². The Morgan fingerprint density at radius 3 is 2.56 bits per heavy atom. The van der Waals surface area contributed by atoms with Crippen molar-refractivity contribution in [2.24, 2.45) is 10.9 Å². The minimum atomic E-state index is 0. The fourth-order valence-corrected chi connectivity index (χ4v) is 4.63. The molecule has 2 N–H and O–H groups in total. The number of nitrogens with zero attached hydrogens (tertiary/aromatic N) is 2. The highest BCUT2D eigenvalue weighted by atomic mass is 127. The van der Waals surface area contributed by atoms with Crippen molar-refractivity contribution in [3.63, 3.8) is 0 Å². The van der Waals surface area contributed by atoms with Gasteiger partial charge in [-0.25, -0.2) is 0 Å². The summed E-state index contributed by atoms with van der Waals surface area (Å²) in [6, 6.07) is 11.0. The summed E-state index contributed by atoms with van der Waals surface area (Å²) < 4.78 is 0. The number of hydrogen-bond acceptors (Lipinski definition) is 2. The average molecular weight is 484 g/mol. The van der Waals surface area contributed by atoms with E-state index in [4.69, 9.17) is 4.99 Å². The lowest BCUT2D eigenvalue weighted by Gasteiger charge is -2.31. The number of benzene rings is 1. The highest BCUT2D eigenvalue weighted by Crippen LogP contribution is 2.41. The summed E-state index contributed by atoms with van der Waals surface area (Å²) >= 11 is 0. The van der Waals surface area contributed by atoms with Crippen molar-refractivity contribution >= 4 is 29.9 Å². The first kappa shape index (κ1) is 22.5. The standard InChI is InChI=1S/C22H36N4.HI/c1-3-23-21(24-16-19-10-9-15-26(2)17-19)25-18-22(13-7-8-14-22)20-11-5-4-6-12-20;/h4-6,11-12,19H,3,7-10,13-18H2,1-2H3,(H2,23,24,25);1H. The molecule has 4 nitrogen and oxygen atoms in total. The molecular formula is C22H37IN4. The molecule has 1 aromatic carbocycles. The summed E-state index contributed by atoms with van der Waals surface area (Å²) in [5, 5.41) is 7.07. The molecular weight excluding hydrogens is 447 g/mol. The number of piperidine rings is 1. The van der Waals surface area contributed by atoms with E-state index in [0.29, 0.717) is 0 Å². The van der Waals surface area contributed by atoms with Crippen LogP contribution in [0.5, 0.6) is 0 Å². The van der Waals surface area contributed by atoms with Crippen LogP contribution in [-0.2, 0) is 5.41 Å². The Morgan fingerprint density at radius 1 is 1.15 bits per heavy atom. The third kappa shape index (κ3) is 6.34. The van der Waals surface area contributed by atoms with E-state index in [1.165, 1.54) is 57.2 Å². The third-order valence-corrected chi connectivity index (χ3v) is 6.11. The highest BCUT2D eigenvalue weighted by Gasteiger charge is 2.35. The fraction of sp³-hybridized carbons (Fsp3) is 0.682. The SMILES string of the molecule is CCNC(=NCC1(c2ccccc2)CCCC1)NCC1CCCN(C)C1.I. The van der Waals surface area contributed by atoms with Crippen LogP contribution in [0.25, 0.3) is 0 Å². The van der Waals surface area contributed by atoms with Crippen molar-refractivity contribution in [2.75, 3.05) is 39.8 Å². The molecule has 0 amide bonds. The first-order chi connectivity index (χ1) is 12.7. The van der Waals surface area contributed by atoms with E-state index >= 15 is 0 Å². The number of rotatable bonds is 6. The van der Waals surface area contributed by atoms with Crippen LogP contribution < -0.4 is 10.6 Å². The number of likely N-dealkylation sites (tertiary alicyclic amines) is 1. The molecule has 1 unspecified atom stereocenters. The van der Waals surface area contributed by atoms with Crippen LogP contribution in [0.15, 0.2) is 35.3 Å². The van der Waals surface area contributed by atoms with Gasteiger partial charge >= 0.3 is 0 Å². The number of hydrogen-bond donors (Lipinski definition) is 2. The lowest BCUT2D eigenvalue weighted by Crippen LogP contribution is -2.44. The van der Waals surface area contributed by atoms with Gasteiger partial charge in [0, 0.05) is 25.0 Å². The number of nitrogens with one attached hydrogen (secondary N) is 2. The van der Waals surface area contributed by atoms with Crippen molar-refractivity contribution in [2.45, 2.75) is 50.9 Å². The van der Waals surface area contributed by atoms with Gasteiger partial charge in [0.1, 0.15) is 0 Å². The number of aliphatic imine (C=N–C) groups is 1. The molecule has 0 bridgehead atoms. The van der Waals surface area contributed by atoms with E-state index in [9.17, 15) is 0 Å². The van der Waals surface area contributed by atoms with Gasteiger partial charge in [-0.2, -0.15) is 0 Å². The van der Waals surface area contributed by atoms with Crippen LogP contribution in [0.3, 0.4) is 0 Å². The fourth-order valence-electron chi connectivity index (χ4n) is 4.63. The molecule has 0 radical (unpaired) electrons. The van der Waals surface area contributed by atoms with Crippen LogP contribution in [0.2, 0.25) is 0 Å². The Kier molecular flexibility index (Phi) is 9.36. The van der Waals surface area contributed by atoms with Gasteiger partial charge in [0.2, 0.25) is 0 Å². The molecule has 1 aromatic rings. The van der Waals surface area contributed by atoms with E-state index in [-0.39, 0.29) is 29.4 Å². The zero-order valence-electron chi connectivity index (χ0n) is 17.0. The van der Waals surface area contributed by atoms with Crippen molar-refractivity contribution < 1.29 is 0 Å². The molecule has 0 spiro atoms. The molecule has 1 aliphatic heterocycles. The molecule has 152 valence electrons. The summed E-state index contributed by atoms with van der Waals surface area (Å²) in [5.41, 5.74) is 1.69. The molecule has 1 heterocycles. The van der Waals surface area contributed by atoms with Gasteiger partial charge in [-0.05, 0) is 57.7 Å². The minimum Gasteiger partial charge on any atom is -0.357 e. The van der Waals surface area contributed by atoms with E-state index in [1.54, 1.807) is 0 Å². The molecule has 0 aromatic heterocycles. The summed E-state index contributed by atoms with van der Waals surface area (Å²) in [6.07, 6.45) is 7.80. The maximum absolute atomic E-state index is 5.03. The molecule has 3 rings (SSSR count). The van der Waals surface area contributed by atoms with Gasteiger partial charge in [-0.3, -0.25) is 4.99 Å². The second kappa shape index (κ2) is 11.2. The first-order valence-corrected chi connectivity index (χ1v) is 10.5. The number of halogens is 1. The van der Waals surface area contributed by atoms with E-state index in [0.717, 1.165) is 31.5 Å². The predicted octanol–water partition coefficient (Wildman–Crippen LogP) is 4.01. The maximum atomic E-state index is 5.03. The van der Waals surface area contributed by atoms with E-state index in [2.05, 4.69) is 59.8 Å². The Morgan fingerprint density at radius 2 is 1.89 bits per heavy atom. The van der Waals surface area contributed by atoms with Crippen molar-refractivity contribution in [1.29, 1.82) is 0 Å². The van der Waals surface area contributed by atoms with Crippen LogP contribution in [0.4, 0.5) is 0 Å². The predicted molar refractivity (Wildman–Crippen MR) is 126 cm³/mol. The van der Waals surface area contributed by atoms with Gasteiger partial charge in [0.15, 0.2) is 5.96 Å². The summed E-state index contributed by atoms with van der Waals surface area (Å²) in [6.45, 7) is 7.40. The normalized spacial score (nSPS) is 22.9. The lowest BCUT2D eigenvalue weighted by molar-refractivity contribution is 0.210. The van der Waals surface area contributed by atoms with E-state index in [1.807, 2.05) is 0 Å². The summed E-state index contributed by atoms with van der Waals surface area (Å²) in [4.78, 5) is 7.48. The quantitative estimate of drug-likeness (QED) is 0.364. The number of guanidine groups is 1. The lowest BCUT2D eigenvalue weighted by atomic mass is 9.79. The van der Waals surface area contributed by atoms with Crippen LogP contribution in [0, 0.1) is 5.92 Å². The van der Waals surface area contributed by atoms with Crippen molar-refractivity contribution in [3.05, 3.63) is 35.9 Å². The molecule has 27 heavy (non-hydrogen) atoms. The molecule has 1 saturated heterocycles. The van der Waals surface area contributed by atoms with Gasteiger partial charge < -0.3 is 15.5 Å². The minimum absolute atomic E-state index is 0. The largest absolute Gasteiger partial charge is 0.357 e. The monoisotopic (exact) mass is 484 g/mol. The molecule has 1 atom stereocenters. The summed E-state index contributed by atoms with van der Waals surface area (Å²) in [5.74, 6) is 1.72. The summed E-state index contributed by atoms with van der Waals surface area (Å²) in [7, 11) is 2.23. The van der Waals surface area contributed by atoms with Crippen LogP contribution >= 0.6 is 24.0 Å². The van der Waals surface area contributed by atoms with E-state index < -0.39 is 0 Å². The second-order valence-electron chi connectivity index (χ2n) is 8.20. The smallest absolute Gasteiger partial charge is 0.191 e. The molecule has 5 heteroatoms. The zero-order chi connectivity index (χ0) is 18.2. The second-order valence-corrected chi connectivity index (χ2v) is 8.20. The van der Waals surface area contributed by atoms with Gasteiger partial charge in [0.05, 0.1) is 6.54 Å². The highest BCUT2D eigenvalue weighted by molar-refractivity contribution is 14.0. The Labute approximate surface area is 182 Å². The van der Waals surface area contributed by atoms with Crippen molar-refractivity contribution in [3.8, 4) is 0 Å². The molecule has 2 aliphatic rings. The van der Waals surface area contributed by atoms with Crippen LogP contribution in [0.1, 0.15) is 51.0 Å². The first-order valence-electron chi connectivity index (χ1n) is 10.5. The third-order valence-electron chi connectivity index (χ3n) is 6.11. The Bertz CT molecular complexity index is 569. The average Bonchev–Trinajstić information content (AvgIpc) is 3.15. The van der Waals surface area contributed by atoms with Crippen LogP contribution in [-0.4, -0.2) is 50.6 Å². The zero-order valence-corrected chi connectivity index (χ0v) is 19.4. The molecule has 1 aliphatic carbocycles. The topological polar surface area (TPSA) is 39.7 Å².